The van der Waals surface area contributed by atoms with Gasteiger partial charge in [0.05, 0.1) is 0 Å². The summed E-state index contributed by atoms with van der Waals surface area (Å²) in [6.45, 7) is 2.66. The van der Waals surface area contributed by atoms with E-state index in [-0.39, 0.29) is 5.91 Å². The first-order valence-electron chi connectivity index (χ1n) is 9.05. The van der Waals surface area contributed by atoms with E-state index in [9.17, 15) is 4.79 Å². The lowest BCUT2D eigenvalue weighted by Crippen LogP contribution is -2.49. The van der Waals surface area contributed by atoms with E-state index in [4.69, 9.17) is 16.3 Å². The fraction of sp³-hybridized carbons (Fsp3) is 0.190. The zero-order valence-electron chi connectivity index (χ0n) is 15.2. The quantitative estimate of drug-likeness (QED) is 0.672. The van der Waals surface area contributed by atoms with Crippen LogP contribution >= 0.6 is 11.6 Å². The molecule has 1 aliphatic rings. The molecule has 28 heavy (non-hydrogen) atoms. The van der Waals surface area contributed by atoms with Gasteiger partial charge in [-0.1, -0.05) is 29.8 Å². The van der Waals surface area contributed by atoms with E-state index in [0.717, 1.165) is 11.6 Å². The second kappa shape index (κ2) is 8.27. The Hall–Kier alpha value is -3.12. The van der Waals surface area contributed by atoms with Gasteiger partial charge in [0.2, 0.25) is 5.88 Å². The minimum atomic E-state index is 0.0222. The summed E-state index contributed by atoms with van der Waals surface area (Å²) in [6, 6.07) is 20.2. The van der Waals surface area contributed by atoms with Gasteiger partial charge in [-0.05, 0) is 42.5 Å². The van der Waals surface area contributed by atoms with Gasteiger partial charge in [0.25, 0.3) is 5.91 Å². The van der Waals surface area contributed by atoms with Crippen molar-refractivity contribution >= 4 is 23.3 Å². The minimum Gasteiger partial charge on any atom is -0.438 e. The van der Waals surface area contributed by atoms with Crippen LogP contribution in [0.25, 0.3) is 0 Å². The lowest BCUT2D eigenvalue weighted by Gasteiger charge is -2.35. The lowest BCUT2D eigenvalue weighted by atomic mass is 10.2. The summed E-state index contributed by atoms with van der Waals surface area (Å²) in [5.74, 6) is 1.97. The number of nitrogens with zero attached hydrogens (tertiary/aromatic N) is 4. The highest BCUT2D eigenvalue weighted by atomic mass is 35.5. The molecule has 0 saturated carbocycles. The van der Waals surface area contributed by atoms with E-state index in [1.165, 1.54) is 0 Å². The highest BCUT2D eigenvalue weighted by Gasteiger charge is 2.23. The molecule has 2 heterocycles. The fourth-order valence-corrected chi connectivity index (χ4v) is 3.19. The molecule has 1 saturated heterocycles. The van der Waals surface area contributed by atoms with Gasteiger partial charge in [-0.2, -0.15) is 0 Å². The largest absolute Gasteiger partial charge is 0.438 e. The molecule has 1 aliphatic heterocycles. The third-order valence-electron chi connectivity index (χ3n) is 4.57. The highest BCUT2D eigenvalue weighted by Crippen LogP contribution is 2.21. The van der Waals surface area contributed by atoms with E-state index >= 15 is 0 Å². The van der Waals surface area contributed by atoms with E-state index in [2.05, 4.69) is 15.1 Å². The molecule has 142 valence electrons. The first-order chi connectivity index (χ1) is 13.7. The van der Waals surface area contributed by atoms with E-state index < -0.39 is 0 Å². The molecule has 3 aromatic rings. The number of rotatable bonds is 4. The molecule has 0 radical (unpaired) electrons. The smallest absolute Gasteiger partial charge is 0.253 e. The monoisotopic (exact) mass is 394 g/mol. The average molecular weight is 395 g/mol. The maximum absolute atomic E-state index is 12.6. The molecule has 1 aromatic heterocycles. The molecule has 0 unspecified atom stereocenters. The number of carbonyl (C=O) groups excluding carboxylic acids is 1. The Morgan fingerprint density at radius 3 is 2.21 bits per heavy atom. The summed E-state index contributed by atoms with van der Waals surface area (Å²) in [5.41, 5.74) is 0.653. The number of carbonyl (C=O) groups is 1. The van der Waals surface area contributed by atoms with Crippen molar-refractivity contribution in [1.29, 1.82) is 0 Å². The SMILES string of the molecule is O=C(c1ccc(Cl)cc1)N1CCN(c2ccc(Oc3ccccc3)nn2)CC1. The molecule has 7 heteroatoms. The van der Waals surface area contributed by atoms with Crippen molar-refractivity contribution in [1.82, 2.24) is 15.1 Å². The number of ether oxygens (including phenoxy) is 1. The van der Waals surface area contributed by atoms with E-state index in [1.807, 2.05) is 41.3 Å². The van der Waals surface area contributed by atoms with Crippen molar-refractivity contribution in [2.45, 2.75) is 0 Å². The van der Waals surface area contributed by atoms with Crippen molar-refractivity contribution in [2.24, 2.45) is 0 Å². The topological polar surface area (TPSA) is 58.6 Å². The Morgan fingerprint density at radius 1 is 0.857 bits per heavy atom. The van der Waals surface area contributed by atoms with Crippen LogP contribution in [-0.2, 0) is 0 Å². The van der Waals surface area contributed by atoms with Crippen molar-refractivity contribution in [3.05, 3.63) is 77.3 Å². The summed E-state index contributed by atoms with van der Waals surface area (Å²) in [4.78, 5) is 16.6. The Morgan fingerprint density at radius 2 is 1.57 bits per heavy atom. The summed E-state index contributed by atoms with van der Waals surface area (Å²) < 4.78 is 5.67. The van der Waals surface area contributed by atoms with Crippen LogP contribution < -0.4 is 9.64 Å². The standard InChI is InChI=1S/C21H19ClN4O2/c22-17-8-6-16(7-9-17)21(27)26-14-12-25(13-15-26)19-10-11-20(24-23-19)28-18-4-2-1-3-5-18/h1-11H,12-15H2. The maximum atomic E-state index is 12.6. The van der Waals surface area contributed by atoms with Crippen molar-refractivity contribution in [2.75, 3.05) is 31.1 Å². The second-order valence-electron chi connectivity index (χ2n) is 6.43. The van der Waals surface area contributed by atoms with Crippen molar-refractivity contribution in [3.8, 4) is 11.6 Å². The van der Waals surface area contributed by atoms with Crippen LogP contribution in [0.4, 0.5) is 5.82 Å². The molecule has 0 N–H and O–H groups in total. The van der Waals surface area contributed by atoms with Crippen LogP contribution in [0.2, 0.25) is 5.02 Å². The van der Waals surface area contributed by atoms with Crippen molar-refractivity contribution < 1.29 is 9.53 Å². The first-order valence-corrected chi connectivity index (χ1v) is 9.43. The Labute approximate surface area is 168 Å². The summed E-state index contributed by atoms with van der Waals surface area (Å²) in [7, 11) is 0. The normalized spacial score (nSPS) is 14.0. The highest BCUT2D eigenvalue weighted by molar-refractivity contribution is 6.30. The summed E-state index contributed by atoms with van der Waals surface area (Å²) >= 11 is 5.89. The van der Waals surface area contributed by atoms with Crippen LogP contribution in [0.3, 0.4) is 0 Å². The van der Waals surface area contributed by atoms with Gasteiger partial charge in [0.15, 0.2) is 5.82 Å². The van der Waals surface area contributed by atoms with Crippen LogP contribution in [0.15, 0.2) is 66.7 Å². The molecule has 0 aliphatic carbocycles. The number of hydrogen-bond donors (Lipinski definition) is 0. The minimum absolute atomic E-state index is 0.0222. The molecule has 4 rings (SSSR count). The predicted octanol–water partition coefficient (Wildman–Crippen LogP) is 3.88. The van der Waals surface area contributed by atoms with Gasteiger partial charge < -0.3 is 14.5 Å². The number of piperazine rings is 1. The van der Waals surface area contributed by atoms with Gasteiger partial charge in [-0.25, -0.2) is 0 Å². The molecule has 2 aromatic carbocycles. The summed E-state index contributed by atoms with van der Waals surface area (Å²) in [5, 5.41) is 9.05. The predicted molar refractivity (Wildman–Crippen MR) is 108 cm³/mol. The molecular weight excluding hydrogens is 376 g/mol. The number of halogens is 1. The van der Waals surface area contributed by atoms with Gasteiger partial charge in [0, 0.05) is 42.8 Å². The van der Waals surface area contributed by atoms with E-state index in [0.29, 0.717) is 42.6 Å². The molecule has 0 spiro atoms. The van der Waals surface area contributed by atoms with Gasteiger partial charge in [0.1, 0.15) is 5.75 Å². The fourth-order valence-electron chi connectivity index (χ4n) is 3.06. The first kappa shape index (κ1) is 18.3. The van der Waals surface area contributed by atoms with Gasteiger partial charge in [-0.3, -0.25) is 4.79 Å². The molecule has 1 fully saturated rings. The van der Waals surface area contributed by atoms with Crippen molar-refractivity contribution in [3.63, 3.8) is 0 Å². The third kappa shape index (κ3) is 4.23. The number of amides is 1. The van der Waals surface area contributed by atoms with Crippen LogP contribution in [0, 0.1) is 0 Å². The molecule has 0 atom stereocenters. The average Bonchev–Trinajstić information content (AvgIpc) is 2.75. The molecule has 0 bridgehead atoms. The van der Waals surface area contributed by atoms with Crippen LogP contribution in [0.1, 0.15) is 10.4 Å². The van der Waals surface area contributed by atoms with Crippen LogP contribution in [0.5, 0.6) is 11.6 Å². The number of hydrogen-bond acceptors (Lipinski definition) is 5. The second-order valence-corrected chi connectivity index (χ2v) is 6.87. The Kier molecular flexibility index (Phi) is 5.39. The molecule has 6 nitrogen and oxygen atoms in total. The Bertz CT molecular complexity index is 925. The third-order valence-corrected chi connectivity index (χ3v) is 4.83. The number of benzene rings is 2. The summed E-state index contributed by atoms with van der Waals surface area (Å²) in [6.07, 6.45) is 0. The van der Waals surface area contributed by atoms with E-state index in [1.54, 1.807) is 30.3 Å². The number of para-hydroxylation sites is 1. The Balaban J connectivity index is 1.34. The maximum Gasteiger partial charge on any atom is 0.253 e. The lowest BCUT2D eigenvalue weighted by molar-refractivity contribution is 0.0746. The van der Waals surface area contributed by atoms with Crippen LogP contribution in [-0.4, -0.2) is 47.2 Å². The van der Waals surface area contributed by atoms with Gasteiger partial charge >= 0.3 is 0 Å². The zero-order chi connectivity index (χ0) is 19.3. The molecule has 1 amide bonds. The zero-order valence-corrected chi connectivity index (χ0v) is 15.9. The number of anilines is 1. The van der Waals surface area contributed by atoms with Gasteiger partial charge in [-0.15, -0.1) is 10.2 Å². The molecular formula is C21H19ClN4O2. The number of aromatic nitrogens is 2.